The summed E-state index contributed by atoms with van der Waals surface area (Å²) in [6.07, 6.45) is 7.49. The molecule has 92 valence electrons. The lowest BCUT2D eigenvalue weighted by Gasteiger charge is -2.39. The summed E-state index contributed by atoms with van der Waals surface area (Å²) in [4.78, 5) is 14.2. The number of carbonyl (C=O) groups excluding carboxylic acids is 1. The smallest absolute Gasteiger partial charge is 0.224 e. The average Bonchev–Trinajstić information content (AvgIpc) is 2.98. The van der Waals surface area contributed by atoms with Crippen LogP contribution < -0.4 is 5.73 Å². The summed E-state index contributed by atoms with van der Waals surface area (Å²) in [5, 5.41) is 0. The summed E-state index contributed by atoms with van der Waals surface area (Å²) in [6, 6.07) is 0. The van der Waals surface area contributed by atoms with E-state index in [-0.39, 0.29) is 11.4 Å². The number of amides is 1. The normalized spacial score (nSPS) is 22.6. The van der Waals surface area contributed by atoms with Crippen LogP contribution in [0.3, 0.4) is 0 Å². The summed E-state index contributed by atoms with van der Waals surface area (Å²) in [6.45, 7) is 4.02. The van der Waals surface area contributed by atoms with E-state index in [1.807, 2.05) is 4.90 Å². The molecule has 3 heteroatoms. The van der Waals surface area contributed by atoms with E-state index < -0.39 is 0 Å². The van der Waals surface area contributed by atoms with E-state index in [1.165, 1.54) is 19.3 Å². The maximum Gasteiger partial charge on any atom is 0.224 e. The zero-order valence-corrected chi connectivity index (χ0v) is 10.4. The largest absolute Gasteiger partial charge is 0.342 e. The Bertz CT molecular complexity index is 257. The van der Waals surface area contributed by atoms with Gasteiger partial charge in [0.25, 0.3) is 0 Å². The molecule has 2 N–H and O–H groups in total. The second kappa shape index (κ2) is 4.74. The maximum absolute atomic E-state index is 12.2. The van der Waals surface area contributed by atoms with Gasteiger partial charge in [-0.3, -0.25) is 4.79 Å². The van der Waals surface area contributed by atoms with Crippen molar-refractivity contribution < 1.29 is 4.79 Å². The van der Waals surface area contributed by atoms with E-state index in [4.69, 9.17) is 5.73 Å². The molecule has 0 spiro atoms. The third kappa shape index (κ3) is 2.97. The van der Waals surface area contributed by atoms with E-state index >= 15 is 0 Å². The van der Waals surface area contributed by atoms with Crippen molar-refractivity contribution >= 4 is 5.91 Å². The molecule has 0 aromatic heterocycles. The van der Waals surface area contributed by atoms with Crippen molar-refractivity contribution in [1.82, 2.24) is 4.90 Å². The quantitative estimate of drug-likeness (QED) is 0.749. The van der Waals surface area contributed by atoms with Crippen LogP contribution in [0.25, 0.3) is 0 Å². The first-order valence-corrected chi connectivity index (χ1v) is 6.69. The zero-order chi connectivity index (χ0) is 11.6. The highest BCUT2D eigenvalue weighted by atomic mass is 16.2. The monoisotopic (exact) mass is 224 g/mol. The van der Waals surface area contributed by atoms with Crippen LogP contribution in [0, 0.1) is 5.92 Å². The van der Waals surface area contributed by atoms with Gasteiger partial charge in [-0.15, -0.1) is 0 Å². The Hall–Kier alpha value is -0.570. The molecule has 0 heterocycles. The molecular weight excluding hydrogens is 200 g/mol. The van der Waals surface area contributed by atoms with Crippen molar-refractivity contribution in [3.8, 4) is 0 Å². The molecule has 0 unspecified atom stereocenters. The molecule has 2 saturated carbocycles. The topological polar surface area (TPSA) is 46.3 Å². The SMILES string of the molecule is CCCN(CC1CC1)C(=O)CC1(N)CCC1. The molecule has 0 aromatic rings. The van der Waals surface area contributed by atoms with Gasteiger partial charge in [-0.2, -0.15) is 0 Å². The van der Waals surface area contributed by atoms with Gasteiger partial charge >= 0.3 is 0 Å². The minimum absolute atomic E-state index is 0.160. The number of nitrogens with two attached hydrogens (primary N) is 1. The third-order valence-corrected chi connectivity index (χ3v) is 3.87. The van der Waals surface area contributed by atoms with Crippen LogP contribution in [0.5, 0.6) is 0 Å². The molecule has 16 heavy (non-hydrogen) atoms. The third-order valence-electron chi connectivity index (χ3n) is 3.87. The fourth-order valence-corrected chi connectivity index (χ4v) is 2.42. The Morgan fingerprint density at radius 2 is 2.12 bits per heavy atom. The summed E-state index contributed by atoms with van der Waals surface area (Å²) < 4.78 is 0. The lowest BCUT2D eigenvalue weighted by atomic mass is 9.75. The van der Waals surface area contributed by atoms with Crippen LogP contribution in [0.2, 0.25) is 0 Å². The molecule has 2 aliphatic rings. The number of hydrogen-bond acceptors (Lipinski definition) is 2. The molecule has 0 radical (unpaired) electrons. The van der Waals surface area contributed by atoms with Crippen LogP contribution in [-0.4, -0.2) is 29.4 Å². The van der Waals surface area contributed by atoms with Crippen LogP contribution in [0.1, 0.15) is 51.9 Å². The molecule has 0 atom stereocenters. The molecule has 3 nitrogen and oxygen atoms in total. The highest BCUT2D eigenvalue weighted by Gasteiger charge is 2.36. The van der Waals surface area contributed by atoms with Crippen molar-refractivity contribution in [3.63, 3.8) is 0 Å². The second-order valence-electron chi connectivity index (χ2n) is 5.68. The lowest BCUT2D eigenvalue weighted by molar-refractivity contribution is -0.133. The Balaban J connectivity index is 1.82. The minimum Gasteiger partial charge on any atom is -0.342 e. The van der Waals surface area contributed by atoms with Gasteiger partial charge in [0.2, 0.25) is 5.91 Å². The van der Waals surface area contributed by atoms with Gasteiger partial charge in [-0.05, 0) is 44.4 Å². The first-order chi connectivity index (χ1) is 7.63. The Kier molecular flexibility index (Phi) is 3.53. The number of carbonyl (C=O) groups is 1. The van der Waals surface area contributed by atoms with Crippen LogP contribution in [0.4, 0.5) is 0 Å². The molecule has 2 aliphatic carbocycles. The first-order valence-electron chi connectivity index (χ1n) is 6.69. The highest BCUT2D eigenvalue weighted by Crippen LogP contribution is 2.34. The first kappa shape index (κ1) is 11.9. The predicted octanol–water partition coefficient (Wildman–Crippen LogP) is 1.91. The lowest BCUT2D eigenvalue weighted by Crippen LogP contribution is -2.50. The molecule has 0 saturated heterocycles. The molecule has 2 fully saturated rings. The van der Waals surface area contributed by atoms with Crippen molar-refractivity contribution in [3.05, 3.63) is 0 Å². The average molecular weight is 224 g/mol. The van der Waals surface area contributed by atoms with Crippen LogP contribution >= 0.6 is 0 Å². The second-order valence-corrected chi connectivity index (χ2v) is 5.68. The van der Waals surface area contributed by atoms with E-state index in [9.17, 15) is 4.79 Å². The Morgan fingerprint density at radius 3 is 2.56 bits per heavy atom. The fourth-order valence-electron chi connectivity index (χ4n) is 2.42. The summed E-state index contributed by atoms with van der Waals surface area (Å²) in [5.74, 6) is 1.07. The maximum atomic E-state index is 12.2. The number of rotatable bonds is 6. The number of hydrogen-bond donors (Lipinski definition) is 1. The van der Waals surface area contributed by atoms with E-state index in [1.54, 1.807) is 0 Å². The van der Waals surface area contributed by atoms with E-state index in [0.29, 0.717) is 6.42 Å². The van der Waals surface area contributed by atoms with Crippen molar-refractivity contribution in [2.24, 2.45) is 11.7 Å². The van der Waals surface area contributed by atoms with Crippen LogP contribution in [-0.2, 0) is 4.79 Å². The van der Waals surface area contributed by atoms with Gasteiger partial charge < -0.3 is 10.6 Å². The van der Waals surface area contributed by atoms with E-state index in [2.05, 4.69) is 6.92 Å². The van der Waals surface area contributed by atoms with Gasteiger partial charge in [0, 0.05) is 25.0 Å². The minimum atomic E-state index is -0.160. The van der Waals surface area contributed by atoms with Gasteiger partial charge in [0.15, 0.2) is 0 Å². The fraction of sp³-hybridized carbons (Fsp3) is 0.923. The van der Waals surface area contributed by atoms with Crippen molar-refractivity contribution in [2.75, 3.05) is 13.1 Å². The van der Waals surface area contributed by atoms with E-state index in [0.717, 1.165) is 38.3 Å². The standard InChI is InChI=1S/C13H24N2O/c1-2-8-15(10-11-4-5-11)12(16)9-13(14)6-3-7-13/h11H,2-10,14H2,1H3. The summed E-state index contributed by atoms with van der Waals surface area (Å²) >= 11 is 0. The summed E-state index contributed by atoms with van der Waals surface area (Å²) in [7, 11) is 0. The highest BCUT2D eigenvalue weighted by molar-refractivity contribution is 5.77. The van der Waals surface area contributed by atoms with Gasteiger partial charge in [-0.25, -0.2) is 0 Å². The Morgan fingerprint density at radius 1 is 1.44 bits per heavy atom. The van der Waals surface area contributed by atoms with Crippen molar-refractivity contribution in [2.45, 2.75) is 57.4 Å². The van der Waals surface area contributed by atoms with Gasteiger partial charge in [0.05, 0.1) is 0 Å². The summed E-state index contributed by atoms with van der Waals surface area (Å²) in [5.41, 5.74) is 5.98. The van der Waals surface area contributed by atoms with Gasteiger partial charge in [-0.1, -0.05) is 6.92 Å². The number of nitrogens with zero attached hydrogens (tertiary/aromatic N) is 1. The molecule has 0 bridgehead atoms. The molecule has 0 aromatic carbocycles. The molecular formula is C13H24N2O. The van der Waals surface area contributed by atoms with Crippen LogP contribution in [0.15, 0.2) is 0 Å². The van der Waals surface area contributed by atoms with Crippen molar-refractivity contribution in [1.29, 1.82) is 0 Å². The zero-order valence-electron chi connectivity index (χ0n) is 10.4. The molecule has 0 aliphatic heterocycles. The molecule has 2 rings (SSSR count). The molecule has 1 amide bonds. The predicted molar refractivity (Wildman–Crippen MR) is 65.0 cm³/mol. The van der Waals surface area contributed by atoms with Gasteiger partial charge in [0.1, 0.15) is 0 Å². The Labute approximate surface area is 98.4 Å².